The van der Waals surface area contributed by atoms with Crippen LogP contribution in [0.5, 0.6) is 0 Å². The van der Waals surface area contributed by atoms with Gasteiger partial charge in [-0.3, -0.25) is 9.58 Å². The van der Waals surface area contributed by atoms with Gasteiger partial charge in [-0.05, 0) is 26.3 Å². The minimum Gasteiger partial charge on any atom is -0.309 e. The van der Waals surface area contributed by atoms with E-state index < -0.39 is 0 Å². The smallest absolute Gasteiger partial charge is 0.0964 e. The molecule has 1 aromatic rings. The highest BCUT2D eigenvalue weighted by molar-refractivity contribution is 4.92. The minimum atomic E-state index is 0.487. The lowest BCUT2D eigenvalue weighted by molar-refractivity contribution is 0.253. The lowest BCUT2D eigenvalue weighted by Crippen LogP contribution is -2.30. The third-order valence-electron chi connectivity index (χ3n) is 3.58. The van der Waals surface area contributed by atoms with Crippen molar-refractivity contribution < 1.29 is 0 Å². The van der Waals surface area contributed by atoms with Crippen LogP contribution in [-0.4, -0.2) is 45.1 Å². The second-order valence-electron chi connectivity index (χ2n) is 5.54. The van der Waals surface area contributed by atoms with Crippen LogP contribution in [-0.2, 0) is 13.1 Å². The Morgan fingerprint density at radius 1 is 1.44 bits per heavy atom. The molecular weight excluding hydrogens is 226 g/mol. The first-order valence-corrected chi connectivity index (χ1v) is 7.01. The molecule has 1 N–H and O–H groups in total. The molecular formula is C13H25N5. The van der Waals surface area contributed by atoms with Crippen LogP contribution >= 0.6 is 0 Å². The van der Waals surface area contributed by atoms with Gasteiger partial charge in [0.05, 0.1) is 12.2 Å². The van der Waals surface area contributed by atoms with Crippen molar-refractivity contribution in [2.75, 3.05) is 13.1 Å². The average molecular weight is 251 g/mol. The second-order valence-corrected chi connectivity index (χ2v) is 5.54. The van der Waals surface area contributed by atoms with Crippen molar-refractivity contribution >= 4 is 0 Å². The molecule has 2 heterocycles. The monoisotopic (exact) mass is 251 g/mol. The summed E-state index contributed by atoms with van der Waals surface area (Å²) in [6.07, 6.45) is 4.72. The maximum absolute atomic E-state index is 4.18. The number of nitrogens with zero attached hydrogens (tertiary/aromatic N) is 4. The first-order chi connectivity index (χ1) is 8.65. The lowest BCUT2D eigenvalue weighted by atomic mass is 10.2. The normalized spacial score (nSPS) is 21.0. The molecule has 1 unspecified atom stereocenters. The molecule has 0 radical (unpaired) electrons. The molecule has 0 saturated carbocycles. The largest absolute Gasteiger partial charge is 0.309 e. The van der Waals surface area contributed by atoms with E-state index in [2.05, 4.69) is 47.5 Å². The highest BCUT2D eigenvalue weighted by atomic mass is 15.4. The molecule has 18 heavy (non-hydrogen) atoms. The molecule has 0 aromatic carbocycles. The summed E-state index contributed by atoms with van der Waals surface area (Å²) in [4.78, 5) is 2.54. The van der Waals surface area contributed by atoms with Crippen LogP contribution in [0, 0.1) is 0 Å². The number of nitrogens with one attached hydrogen (secondary N) is 1. The van der Waals surface area contributed by atoms with E-state index in [1.54, 1.807) is 0 Å². The van der Waals surface area contributed by atoms with Gasteiger partial charge in [0.1, 0.15) is 0 Å². The molecule has 5 nitrogen and oxygen atoms in total. The molecule has 102 valence electrons. The Morgan fingerprint density at radius 3 is 2.94 bits per heavy atom. The third kappa shape index (κ3) is 3.78. The van der Waals surface area contributed by atoms with E-state index in [1.165, 1.54) is 19.4 Å². The summed E-state index contributed by atoms with van der Waals surface area (Å²) in [5.41, 5.74) is 1.03. The van der Waals surface area contributed by atoms with Gasteiger partial charge in [0.25, 0.3) is 0 Å². The maximum atomic E-state index is 4.18. The Labute approximate surface area is 110 Å². The number of hydrogen-bond acceptors (Lipinski definition) is 4. The Bertz CT molecular complexity index is 360. The summed E-state index contributed by atoms with van der Waals surface area (Å²) in [5, 5.41) is 11.7. The van der Waals surface area contributed by atoms with Gasteiger partial charge in [-0.25, -0.2) is 0 Å². The molecule has 1 aliphatic heterocycles. The fourth-order valence-electron chi connectivity index (χ4n) is 2.39. The summed E-state index contributed by atoms with van der Waals surface area (Å²) >= 11 is 0. The van der Waals surface area contributed by atoms with Crippen molar-refractivity contribution in [1.29, 1.82) is 0 Å². The van der Waals surface area contributed by atoms with Crippen molar-refractivity contribution in [2.24, 2.45) is 0 Å². The standard InChI is InChI=1S/C13H25N5/c1-11(2)14-9-13-10-18(16-15-13)8-7-17-6-4-5-12(17)3/h10-12,14H,4-9H2,1-3H3. The average Bonchev–Trinajstić information content (AvgIpc) is 2.93. The van der Waals surface area contributed by atoms with Crippen LogP contribution in [0.2, 0.25) is 0 Å². The Kier molecular flexibility index (Phi) is 4.72. The molecule has 1 aliphatic rings. The van der Waals surface area contributed by atoms with Crippen molar-refractivity contribution in [2.45, 2.75) is 58.8 Å². The van der Waals surface area contributed by atoms with Crippen LogP contribution < -0.4 is 5.32 Å². The number of rotatable bonds is 6. The first kappa shape index (κ1) is 13.5. The van der Waals surface area contributed by atoms with Crippen molar-refractivity contribution in [3.05, 3.63) is 11.9 Å². The maximum Gasteiger partial charge on any atom is 0.0964 e. The van der Waals surface area contributed by atoms with Crippen LogP contribution in [0.3, 0.4) is 0 Å². The predicted octanol–water partition coefficient (Wildman–Crippen LogP) is 1.26. The van der Waals surface area contributed by atoms with Gasteiger partial charge < -0.3 is 5.32 Å². The summed E-state index contributed by atoms with van der Waals surface area (Å²) in [5.74, 6) is 0. The van der Waals surface area contributed by atoms with Crippen molar-refractivity contribution in [3.8, 4) is 0 Å². The number of aromatic nitrogens is 3. The summed E-state index contributed by atoms with van der Waals surface area (Å²) in [7, 11) is 0. The van der Waals surface area contributed by atoms with E-state index in [9.17, 15) is 0 Å². The van der Waals surface area contributed by atoms with E-state index in [-0.39, 0.29) is 0 Å². The Balaban J connectivity index is 1.76. The molecule has 1 saturated heterocycles. The first-order valence-electron chi connectivity index (χ1n) is 7.01. The van der Waals surface area contributed by atoms with Gasteiger partial charge >= 0.3 is 0 Å². The second kappa shape index (κ2) is 6.29. The molecule has 1 aromatic heterocycles. The molecule has 2 rings (SSSR count). The third-order valence-corrected chi connectivity index (χ3v) is 3.58. The summed E-state index contributed by atoms with van der Waals surface area (Å²) in [6.45, 7) is 10.7. The molecule has 0 aliphatic carbocycles. The zero-order valence-electron chi connectivity index (χ0n) is 11.8. The topological polar surface area (TPSA) is 46.0 Å². The van der Waals surface area contributed by atoms with E-state index in [1.807, 2.05) is 4.68 Å². The van der Waals surface area contributed by atoms with Gasteiger partial charge in [0.15, 0.2) is 0 Å². The fraction of sp³-hybridized carbons (Fsp3) is 0.846. The molecule has 1 fully saturated rings. The van der Waals surface area contributed by atoms with Crippen LogP contribution in [0.1, 0.15) is 39.3 Å². The highest BCUT2D eigenvalue weighted by Gasteiger charge is 2.19. The quantitative estimate of drug-likeness (QED) is 0.827. The van der Waals surface area contributed by atoms with Crippen molar-refractivity contribution in [3.63, 3.8) is 0 Å². The van der Waals surface area contributed by atoms with Crippen LogP contribution in [0.15, 0.2) is 6.20 Å². The van der Waals surface area contributed by atoms with Gasteiger partial charge in [0, 0.05) is 31.4 Å². The SMILES string of the molecule is CC(C)NCc1cn(CCN2CCCC2C)nn1. The van der Waals surface area contributed by atoms with Crippen LogP contribution in [0.25, 0.3) is 0 Å². The van der Waals surface area contributed by atoms with E-state index in [4.69, 9.17) is 0 Å². The number of likely N-dealkylation sites (tertiary alicyclic amines) is 1. The summed E-state index contributed by atoms with van der Waals surface area (Å²) < 4.78 is 1.96. The minimum absolute atomic E-state index is 0.487. The van der Waals surface area contributed by atoms with Gasteiger partial charge in [-0.1, -0.05) is 19.1 Å². The molecule has 0 spiro atoms. The zero-order chi connectivity index (χ0) is 13.0. The zero-order valence-corrected chi connectivity index (χ0v) is 11.8. The fourth-order valence-corrected chi connectivity index (χ4v) is 2.39. The van der Waals surface area contributed by atoms with E-state index >= 15 is 0 Å². The Hall–Kier alpha value is -0.940. The predicted molar refractivity (Wildman–Crippen MR) is 72.3 cm³/mol. The summed E-state index contributed by atoms with van der Waals surface area (Å²) in [6, 6.07) is 1.22. The van der Waals surface area contributed by atoms with Crippen LogP contribution in [0.4, 0.5) is 0 Å². The molecule has 1 atom stereocenters. The van der Waals surface area contributed by atoms with Crippen molar-refractivity contribution in [1.82, 2.24) is 25.2 Å². The lowest BCUT2D eigenvalue weighted by Gasteiger charge is -2.20. The van der Waals surface area contributed by atoms with E-state index in [0.717, 1.165) is 31.4 Å². The molecule has 5 heteroatoms. The molecule has 0 bridgehead atoms. The highest BCUT2D eigenvalue weighted by Crippen LogP contribution is 2.15. The van der Waals surface area contributed by atoms with Gasteiger partial charge in [0.2, 0.25) is 0 Å². The Morgan fingerprint density at radius 2 is 2.28 bits per heavy atom. The van der Waals surface area contributed by atoms with E-state index in [0.29, 0.717) is 6.04 Å². The number of hydrogen-bond donors (Lipinski definition) is 1. The van der Waals surface area contributed by atoms with Gasteiger partial charge in [-0.2, -0.15) is 0 Å². The van der Waals surface area contributed by atoms with Gasteiger partial charge in [-0.15, -0.1) is 5.10 Å². The molecule has 0 amide bonds.